The Labute approximate surface area is 148 Å². The highest BCUT2D eigenvalue weighted by molar-refractivity contribution is 7.99. The van der Waals surface area contributed by atoms with Crippen LogP contribution < -0.4 is 5.73 Å². The molecule has 0 aromatic carbocycles. The molecule has 0 unspecified atom stereocenters. The van der Waals surface area contributed by atoms with Crippen LogP contribution in [-0.4, -0.2) is 50.3 Å². The average molecular weight is 365 g/mol. The van der Waals surface area contributed by atoms with E-state index in [9.17, 15) is 9.59 Å². The molecule has 3 rings (SSSR count). The van der Waals surface area contributed by atoms with Gasteiger partial charge in [0, 0.05) is 26.1 Å². The lowest BCUT2D eigenvalue weighted by Crippen LogP contribution is -2.29. The van der Waals surface area contributed by atoms with Gasteiger partial charge in [-0.3, -0.25) is 9.59 Å². The molecule has 1 aliphatic rings. The number of amides is 2. The molecule has 1 saturated heterocycles. The number of nitrogens with zero attached hydrogens (tertiary/aromatic N) is 4. The monoisotopic (exact) mass is 365 g/mol. The molecule has 0 bridgehead atoms. The van der Waals surface area contributed by atoms with E-state index in [0.29, 0.717) is 23.3 Å². The quantitative estimate of drug-likeness (QED) is 0.752. The van der Waals surface area contributed by atoms with E-state index in [1.54, 1.807) is 11.3 Å². The molecular weight excluding hydrogens is 346 g/mol. The minimum absolute atomic E-state index is 0.125. The standard InChI is InChI=1S/C15H19N5O2S2/c16-12(21)5-8-20-14(11-4-3-9-23-11)17-18-15(20)24-10-13(22)19-6-1-2-7-19/h3-4,9H,1-2,5-8,10H2,(H2,16,21). The van der Waals surface area contributed by atoms with Crippen molar-refractivity contribution in [1.82, 2.24) is 19.7 Å². The first-order valence-electron chi connectivity index (χ1n) is 7.81. The van der Waals surface area contributed by atoms with Gasteiger partial charge in [0.1, 0.15) is 0 Å². The van der Waals surface area contributed by atoms with Gasteiger partial charge in [-0.25, -0.2) is 0 Å². The first-order chi connectivity index (χ1) is 11.6. The summed E-state index contributed by atoms with van der Waals surface area (Å²) in [5.41, 5.74) is 5.27. The largest absolute Gasteiger partial charge is 0.370 e. The van der Waals surface area contributed by atoms with Crippen LogP contribution in [0.3, 0.4) is 0 Å². The number of carbonyl (C=O) groups excluding carboxylic acids is 2. The van der Waals surface area contributed by atoms with E-state index in [1.165, 1.54) is 11.8 Å². The van der Waals surface area contributed by atoms with Crippen molar-refractivity contribution >= 4 is 34.9 Å². The smallest absolute Gasteiger partial charge is 0.233 e. The third kappa shape index (κ3) is 3.96. The molecule has 0 spiro atoms. The second-order valence-corrected chi connectivity index (χ2v) is 7.42. The summed E-state index contributed by atoms with van der Waals surface area (Å²) in [5, 5.41) is 11.1. The first kappa shape index (κ1) is 17.0. The molecule has 0 aliphatic carbocycles. The van der Waals surface area contributed by atoms with Crippen LogP contribution in [0.5, 0.6) is 0 Å². The van der Waals surface area contributed by atoms with Gasteiger partial charge in [-0.1, -0.05) is 17.8 Å². The molecule has 24 heavy (non-hydrogen) atoms. The number of nitrogens with two attached hydrogens (primary N) is 1. The van der Waals surface area contributed by atoms with Gasteiger partial charge in [0.2, 0.25) is 11.8 Å². The van der Waals surface area contributed by atoms with E-state index in [2.05, 4.69) is 10.2 Å². The number of aromatic nitrogens is 3. The summed E-state index contributed by atoms with van der Waals surface area (Å²) in [5.74, 6) is 0.797. The van der Waals surface area contributed by atoms with Gasteiger partial charge < -0.3 is 15.2 Å². The van der Waals surface area contributed by atoms with Crippen molar-refractivity contribution in [3.05, 3.63) is 17.5 Å². The molecule has 1 fully saturated rings. The topological polar surface area (TPSA) is 94.1 Å². The molecule has 3 heterocycles. The van der Waals surface area contributed by atoms with E-state index < -0.39 is 0 Å². The van der Waals surface area contributed by atoms with Crippen LogP contribution in [0.4, 0.5) is 0 Å². The highest BCUT2D eigenvalue weighted by Crippen LogP contribution is 2.27. The predicted molar refractivity (Wildman–Crippen MR) is 93.7 cm³/mol. The molecular formula is C15H19N5O2S2. The van der Waals surface area contributed by atoms with Crippen molar-refractivity contribution < 1.29 is 9.59 Å². The molecule has 2 amide bonds. The van der Waals surface area contributed by atoms with Crippen LogP contribution in [0, 0.1) is 0 Å². The maximum absolute atomic E-state index is 12.2. The van der Waals surface area contributed by atoms with Gasteiger partial charge in [-0.15, -0.1) is 21.5 Å². The Morgan fingerprint density at radius 1 is 1.29 bits per heavy atom. The molecule has 7 nitrogen and oxygen atoms in total. The Hall–Kier alpha value is -1.87. The molecule has 2 aromatic rings. The molecule has 2 aromatic heterocycles. The number of primary amides is 1. The lowest BCUT2D eigenvalue weighted by molar-refractivity contribution is -0.127. The van der Waals surface area contributed by atoms with Crippen LogP contribution in [0.25, 0.3) is 10.7 Å². The summed E-state index contributed by atoms with van der Waals surface area (Å²) in [4.78, 5) is 26.2. The van der Waals surface area contributed by atoms with E-state index in [1.807, 2.05) is 27.0 Å². The van der Waals surface area contributed by atoms with E-state index in [0.717, 1.165) is 30.8 Å². The third-order valence-corrected chi connectivity index (χ3v) is 5.64. The lowest BCUT2D eigenvalue weighted by Gasteiger charge is -2.14. The SMILES string of the molecule is NC(=O)CCn1c(SCC(=O)N2CCCC2)nnc1-c1cccs1. The number of rotatable bonds is 7. The zero-order valence-corrected chi connectivity index (χ0v) is 14.8. The van der Waals surface area contributed by atoms with E-state index >= 15 is 0 Å². The Kier molecular flexibility index (Phi) is 5.52. The normalized spacial score (nSPS) is 14.2. The Balaban J connectivity index is 1.73. The van der Waals surface area contributed by atoms with Gasteiger partial charge in [0.25, 0.3) is 0 Å². The Bertz CT molecular complexity index is 708. The fourth-order valence-corrected chi connectivity index (χ4v) is 4.18. The van der Waals surface area contributed by atoms with Gasteiger partial charge in [-0.05, 0) is 24.3 Å². The van der Waals surface area contributed by atoms with Gasteiger partial charge in [0.05, 0.1) is 10.6 Å². The summed E-state index contributed by atoms with van der Waals surface area (Å²) < 4.78 is 1.87. The van der Waals surface area contributed by atoms with E-state index in [4.69, 9.17) is 5.73 Å². The third-order valence-electron chi connectivity index (χ3n) is 3.82. The van der Waals surface area contributed by atoms with Crippen molar-refractivity contribution in [2.45, 2.75) is 31.0 Å². The maximum Gasteiger partial charge on any atom is 0.233 e. The maximum atomic E-state index is 12.2. The zero-order valence-electron chi connectivity index (χ0n) is 13.2. The second-order valence-electron chi connectivity index (χ2n) is 5.53. The predicted octanol–water partition coefficient (Wildman–Crippen LogP) is 1.60. The molecule has 0 atom stereocenters. The van der Waals surface area contributed by atoms with Crippen LogP contribution in [0.2, 0.25) is 0 Å². The van der Waals surface area contributed by atoms with Crippen LogP contribution >= 0.6 is 23.1 Å². The van der Waals surface area contributed by atoms with Crippen molar-refractivity contribution in [1.29, 1.82) is 0 Å². The van der Waals surface area contributed by atoms with Crippen molar-refractivity contribution in [3.8, 4) is 10.7 Å². The minimum Gasteiger partial charge on any atom is -0.370 e. The van der Waals surface area contributed by atoms with Gasteiger partial charge >= 0.3 is 0 Å². The summed E-state index contributed by atoms with van der Waals surface area (Å²) >= 11 is 2.92. The summed E-state index contributed by atoms with van der Waals surface area (Å²) in [6.45, 7) is 2.10. The molecule has 0 saturated carbocycles. The second kappa shape index (κ2) is 7.80. The minimum atomic E-state index is -0.370. The summed E-state index contributed by atoms with van der Waals surface area (Å²) in [6, 6.07) is 3.90. The van der Waals surface area contributed by atoms with Crippen LogP contribution in [0.1, 0.15) is 19.3 Å². The highest BCUT2D eigenvalue weighted by atomic mass is 32.2. The number of thioether (sulfide) groups is 1. The van der Waals surface area contributed by atoms with E-state index in [-0.39, 0.29) is 18.2 Å². The number of hydrogen-bond donors (Lipinski definition) is 1. The number of likely N-dealkylation sites (tertiary alicyclic amines) is 1. The van der Waals surface area contributed by atoms with Crippen molar-refractivity contribution in [3.63, 3.8) is 0 Å². The van der Waals surface area contributed by atoms with Crippen LogP contribution in [-0.2, 0) is 16.1 Å². The number of thiophene rings is 1. The molecule has 128 valence electrons. The fourth-order valence-electron chi connectivity index (χ4n) is 2.59. The summed E-state index contributed by atoms with van der Waals surface area (Å²) in [7, 11) is 0. The molecule has 0 radical (unpaired) electrons. The summed E-state index contributed by atoms with van der Waals surface area (Å²) in [6.07, 6.45) is 2.37. The lowest BCUT2D eigenvalue weighted by atomic mass is 10.4. The van der Waals surface area contributed by atoms with Gasteiger partial charge in [-0.2, -0.15) is 0 Å². The molecule has 9 heteroatoms. The first-order valence-corrected chi connectivity index (χ1v) is 9.67. The van der Waals surface area contributed by atoms with Crippen molar-refractivity contribution in [2.24, 2.45) is 5.73 Å². The number of carbonyl (C=O) groups is 2. The molecule has 1 aliphatic heterocycles. The number of hydrogen-bond acceptors (Lipinski definition) is 6. The average Bonchev–Trinajstić information content (AvgIpc) is 3.31. The Morgan fingerprint density at radius 3 is 2.75 bits per heavy atom. The molecule has 2 N–H and O–H groups in total. The van der Waals surface area contributed by atoms with Crippen molar-refractivity contribution in [2.75, 3.05) is 18.8 Å². The van der Waals surface area contributed by atoms with Gasteiger partial charge in [0.15, 0.2) is 11.0 Å². The zero-order chi connectivity index (χ0) is 16.9. The Morgan fingerprint density at radius 2 is 2.08 bits per heavy atom. The highest BCUT2D eigenvalue weighted by Gasteiger charge is 2.20. The van der Waals surface area contributed by atoms with Crippen LogP contribution in [0.15, 0.2) is 22.7 Å². The fraction of sp³-hybridized carbons (Fsp3) is 0.467.